The molecule has 2 amide bonds. The summed E-state index contributed by atoms with van der Waals surface area (Å²) >= 11 is 1.35. The van der Waals surface area contributed by atoms with E-state index < -0.39 is 0 Å². The Hall–Kier alpha value is -1.47. The lowest BCUT2D eigenvalue weighted by molar-refractivity contribution is -0.122. The topological polar surface area (TPSA) is 88.3 Å². The van der Waals surface area contributed by atoms with Crippen LogP contribution in [0.3, 0.4) is 0 Å². The summed E-state index contributed by atoms with van der Waals surface area (Å²) in [7, 11) is 1.58. The third kappa shape index (κ3) is 4.90. The molecule has 0 aromatic carbocycles. The predicted molar refractivity (Wildman–Crippen MR) is 79.6 cm³/mol. The number of rotatable bonds is 4. The Labute approximate surface area is 123 Å². The molecule has 20 heavy (non-hydrogen) atoms. The van der Waals surface area contributed by atoms with Gasteiger partial charge in [-0.1, -0.05) is 0 Å². The third-order valence-corrected chi connectivity index (χ3v) is 3.42. The van der Waals surface area contributed by atoms with Gasteiger partial charge in [-0.3, -0.25) is 9.59 Å². The first-order valence-corrected chi connectivity index (χ1v) is 7.25. The van der Waals surface area contributed by atoms with Crippen molar-refractivity contribution in [2.24, 2.45) is 5.73 Å². The Balaban J connectivity index is 2.64. The van der Waals surface area contributed by atoms with Gasteiger partial charge in [-0.05, 0) is 27.7 Å². The van der Waals surface area contributed by atoms with E-state index >= 15 is 0 Å². The number of carbonyl (C=O) groups is 2. The van der Waals surface area contributed by atoms with Crippen LogP contribution in [0.25, 0.3) is 0 Å². The fourth-order valence-electron chi connectivity index (χ4n) is 1.54. The minimum Gasteiger partial charge on any atom is -0.350 e. The van der Waals surface area contributed by atoms with Gasteiger partial charge in [0.05, 0.1) is 12.6 Å². The Morgan fingerprint density at radius 3 is 2.55 bits per heavy atom. The van der Waals surface area contributed by atoms with Crippen molar-refractivity contribution in [3.63, 3.8) is 0 Å². The van der Waals surface area contributed by atoms with Crippen molar-refractivity contribution in [3.05, 3.63) is 16.1 Å². The molecule has 0 radical (unpaired) electrons. The monoisotopic (exact) mass is 298 g/mol. The van der Waals surface area contributed by atoms with Gasteiger partial charge in [-0.2, -0.15) is 0 Å². The van der Waals surface area contributed by atoms with Gasteiger partial charge in [0.1, 0.15) is 10.7 Å². The minimum absolute atomic E-state index is 0.00113. The summed E-state index contributed by atoms with van der Waals surface area (Å²) < 4.78 is 0. The van der Waals surface area contributed by atoms with Crippen LogP contribution < -0.4 is 11.1 Å². The highest BCUT2D eigenvalue weighted by molar-refractivity contribution is 7.09. The average Bonchev–Trinajstić information content (AvgIpc) is 2.74. The van der Waals surface area contributed by atoms with E-state index in [1.165, 1.54) is 16.2 Å². The van der Waals surface area contributed by atoms with E-state index in [-0.39, 0.29) is 29.9 Å². The molecule has 3 N–H and O–H groups in total. The molecule has 0 bridgehead atoms. The lowest BCUT2D eigenvalue weighted by Crippen LogP contribution is -2.46. The summed E-state index contributed by atoms with van der Waals surface area (Å²) in [4.78, 5) is 29.4. The fraction of sp³-hybridized carbons (Fsp3) is 0.615. The molecule has 112 valence electrons. The van der Waals surface area contributed by atoms with Crippen LogP contribution in [-0.2, 0) is 4.79 Å². The van der Waals surface area contributed by atoms with E-state index in [9.17, 15) is 9.59 Å². The van der Waals surface area contributed by atoms with Crippen LogP contribution in [0.2, 0.25) is 0 Å². The zero-order valence-electron chi connectivity index (χ0n) is 12.6. The van der Waals surface area contributed by atoms with Gasteiger partial charge in [-0.15, -0.1) is 11.3 Å². The fourth-order valence-corrected chi connectivity index (χ4v) is 2.29. The second kappa shape index (κ2) is 6.32. The maximum absolute atomic E-state index is 12.1. The van der Waals surface area contributed by atoms with E-state index in [1.54, 1.807) is 12.4 Å². The maximum atomic E-state index is 12.1. The van der Waals surface area contributed by atoms with Crippen LogP contribution in [0.1, 0.15) is 49.2 Å². The third-order valence-electron chi connectivity index (χ3n) is 2.37. The number of aromatic nitrogens is 1. The zero-order chi connectivity index (χ0) is 15.5. The first kappa shape index (κ1) is 16.6. The maximum Gasteiger partial charge on any atom is 0.273 e. The van der Waals surface area contributed by atoms with Crippen LogP contribution in [-0.4, -0.2) is 40.8 Å². The van der Waals surface area contributed by atoms with Crippen molar-refractivity contribution in [1.82, 2.24) is 15.2 Å². The molecule has 0 aliphatic rings. The standard InChI is InChI=1S/C13H22N4O2S/c1-8(14)11-15-9(7-20-11)12(19)17(5)6-10(18)16-13(2,3)4/h7-8H,6,14H2,1-5H3,(H,16,18). The lowest BCUT2D eigenvalue weighted by Gasteiger charge is -2.23. The van der Waals surface area contributed by atoms with Crippen LogP contribution in [0.5, 0.6) is 0 Å². The second-order valence-corrected chi connectivity index (χ2v) is 6.71. The highest BCUT2D eigenvalue weighted by atomic mass is 32.1. The van der Waals surface area contributed by atoms with Crippen molar-refractivity contribution < 1.29 is 9.59 Å². The van der Waals surface area contributed by atoms with E-state index in [2.05, 4.69) is 10.3 Å². The lowest BCUT2D eigenvalue weighted by atomic mass is 10.1. The molecule has 6 nitrogen and oxygen atoms in total. The molecule has 0 aliphatic heterocycles. The molecule has 0 saturated carbocycles. The van der Waals surface area contributed by atoms with Gasteiger partial charge in [0.25, 0.3) is 5.91 Å². The Bertz CT molecular complexity index is 491. The highest BCUT2D eigenvalue weighted by Gasteiger charge is 2.20. The molecule has 0 aliphatic carbocycles. The van der Waals surface area contributed by atoms with Crippen LogP contribution >= 0.6 is 11.3 Å². The molecular formula is C13H22N4O2S. The number of hydrogen-bond donors (Lipinski definition) is 2. The van der Waals surface area contributed by atoms with Crippen molar-refractivity contribution in [1.29, 1.82) is 0 Å². The molecule has 1 heterocycles. The Kier molecular flexibility index (Phi) is 5.24. The molecule has 0 fully saturated rings. The normalized spacial score (nSPS) is 12.9. The van der Waals surface area contributed by atoms with E-state index in [0.29, 0.717) is 10.7 Å². The minimum atomic E-state index is -0.316. The predicted octanol–water partition coefficient (Wildman–Crippen LogP) is 1.15. The number of thiazole rings is 1. The summed E-state index contributed by atoms with van der Waals surface area (Å²) in [6.45, 7) is 7.49. The molecule has 1 aromatic rings. The highest BCUT2D eigenvalue weighted by Crippen LogP contribution is 2.16. The van der Waals surface area contributed by atoms with Crippen molar-refractivity contribution in [3.8, 4) is 0 Å². The van der Waals surface area contributed by atoms with Gasteiger partial charge >= 0.3 is 0 Å². The number of likely N-dealkylation sites (N-methyl/N-ethyl adjacent to an activating group) is 1. The van der Waals surface area contributed by atoms with Crippen molar-refractivity contribution in [2.45, 2.75) is 39.3 Å². The number of amides is 2. The molecule has 1 atom stereocenters. The van der Waals surface area contributed by atoms with Crippen LogP contribution in [0.4, 0.5) is 0 Å². The molecule has 1 aromatic heterocycles. The number of nitrogens with one attached hydrogen (secondary N) is 1. The molecule has 7 heteroatoms. The van der Waals surface area contributed by atoms with E-state index in [1.807, 2.05) is 27.7 Å². The summed E-state index contributed by atoms with van der Waals surface area (Å²) in [6.07, 6.45) is 0. The number of nitrogens with zero attached hydrogens (tertiary/aromatic N) is 2. The van der Waals surface area contributed by atoms with Crippen LogP contribution in [0, 0.1) is 0 Å². The first-order chi connectivity index (χ1) is 9.10. The van der Waals surface area contributed by atoms with Gasteiger partial charge in [-0.25, -0.2) is 4.98 Å². The first-order valence-electron chi connectivity index (χ1n) is 6.37. The Morgan fingerprint density at radius 1 is 1.50 bits per heavy atom. The van der Waals surface area contributed by atoms with Crippen molar-refractivity contribution in [2.75, 3.05) is 13.6 Å². The van der Waals surface area contributed by atoms with Crippen LogP contribution in [0.15, 0.2) is 5.38 Å². The summed E-state index contributed by atoms with van der Waals surface area (Å²) in [6, 6.07) is -0.198. The molecular weight excluding hydrogens is 276 g/mol. The molecule has 0 spiro atoms. The summed E-state index contributed by atoms with van der Waals surface area (Å²) in [5.41, 5.74) is 5.72. The SMILES string of the molecule is CC(N)c1nc(C(=O)N(C)CC(=O)NC(C)(C)C)cs1. The largest absolute Gasteiger partial charge is 0.350 e. The molecule has 1 unspecified atom stereocenters. The van der Waals surface area contributed by atoms with Gasteiger partial charge < -0.3 is 16.0 Å². The van der Waals surface area contributed by atoms with Gasteiger partial charge in [0.15, 0.2) is 0 Å². The van der Waals surface area contributed by atoms with Gasteiger partial charge in [0, 0.05) is 18.0 Å². The van der Waals surface area contributed by atoms with E-state index in [0.717, 1.165) is 0 Å². The van der Waals surface area contributed by atoms with E-state index in [4.69, 9.17) is 5.73 Å². The summed E-state index contributed by atoms with van der Waals surface area (Å²) in [5, 5.41) is 5.18. The molecule has 0 saturated heterocycles. The number of hydrogen-bond acceptors (Lipinski definition) is 5. The molecule has 1 rings (SSSR count). The smallest absolute Gasteiger partial charge is 0.273 e. The average molecular weight is 298 g/mol. The number of carbonyl (C=O) groups excluding carboxylic acids is 2. The van der Waals surface area contributed by atoms with Crippen molar-refractivity contribution >= 4 is 23.2 Å². The number of nitrogens with two attached hydrogens (primary N) is 1. The quantitative estimate of drug-likeness (QED) is 0.872. The second-order valence-electron chi connectivity index (χ2n) is 5.82. The zero-order valence-corrected chi connectivity index (χ0v) is 13.4. The Morgan fingerprint density at radius 2 is 2.10 bits per heavy atom. The van der Waals surface area contributed by atoms with Gasteiger partial charge in [0.2, 0.25) is 5.91 Å². The summed E-state index contributed by atoms with van der Waals surface area (Å²) in [5.74, 6) is -0.479.